The first-order valence-corrected chi connectivity index (χ1v) is 15.9. The van der Waals surface area contributed by atoms with E-state index in [-0.39, 0.29) is 5.41 Å². The standard InChI is InChI=1S/C42H30N4O/c1-42(2)32-22-9-11-24-34(32)46(35-25-12-10-23-33(35)42)36-26-14-20-30-29-19-13-21-31(37(29)47-38(30)36)41-44-39(27-15-5-3-6-16-27)43-40(45-41)28-17-7-4-8-18-28/h3-26H,1-2H3. The van der Waals surface area contributed by atoms with Crippen LogP contribution in [0.4, 0.5) is 17.1 Å². The van der Waals surface area contributed by atoms with Crippen molar-refractivity contribution in [2.45, 2.75) is 19.3 Å². The molecule has 0 fully saturated rings. The van der Waals surface area contributed by atoms with Crippen molar-refractivity contribution in [3.63, 3.8) is 0 Å². The molecule has 5 nitrogen and oxygen atoms in total. The molecule has 5 heteroatoms. The highest BCUT2D eigenvalue weighted by atomic mass is 16.3. The molecule has 6 aromatic carbocycles. The van der Waals surface area contributed by atoms with Crippen molar-refractivity contribution in [2.75, 3.05) is 4.90 Å². The highest BCUT2D eigenvalue weighted by molar-refractivity contribution is 6.13. The predicted molar refractivity (Wildman–Crippen MR) is 190 cm³/mol. The van der Waals surface area contributed by atoms with E-state index in [4.69, 9.17) is 19.4 Å². The van der Waals surface area contributed by atoms with E-state index in [0.717, 1.165) is 55.7 Å². The number of anilines is 3. The summed E-state index contributed by atoms with van der Waals surface area (Å²) >= 11 is 0. The maximum Gasteiger partial charge on any atom is 0.167 e. The maximum atomic E-state index is 6.95. The van der Waals surface area contributed by atoms with E-state index in [1.54, 1.807) is 0 Å². The van der Waals surface area contributed by atoms with E-state index in [0.29, 0.717) is 17.5 Å². The number of benzene rings is 6. The Hall–Kier alpha value is -6.07. The molecule has 0 saturated carbocycles. The van der Waals surface area contributed by atoms with Gasteiger partial charge in [-0.3, -0.25) is 0 Å². The van der Waals surface area contributed by atoms with E-state index in [2.05, 4.69) is 97.6 Å². The zero-order chi connectivity index (χ0) is 31.5. The van der Waals surface area contributed by atoms with Crippen LogP contribution in [0.3, 0.4) is 0 Å². The van der Waals surface area contributed by atoms with Crippen LogP contribution in [0.5, 0.6) is 0 Å². The molecule has 0 unspecified atom stereocenters. The number of furan rings is 1. The van der Waals surface area contributed by atoms with Gasteiger partial charge in [-0.05, 0) is 35.4 Å². The summed E-state index contributed by atoms with van der Waals surface area (Å²) < 4.78 is 6.95. The average Bonchev–Trinajstić information content (AvgIpc) is 3.52. The highest BCUT2D eigenvalue weighted by Gasteiger charge is 2.37. The fourth-order valence-corrected chi connectivity index (χ4v) is 7.02. The van der Waals surface area contributed by atoms with Crippen LogP contribution in [-0.4, -0.2) is 15.0 Å². The van der Waals surface area contributed by atoms with Gasteiger partial charge in [0.15, 0.2) is 23.1 Å². The second-order valence-corrected chi connectivity index (χ2v) is 12.5. The summed E-state index contributed by atoms with van der Waals surface area (Å²) in [6.07, 6.45) is 0. The molecule has 9 rings (SSSR count). The Morgan fingerprint density at radius 1 is 0.447 bits per heavy atom. The third kappa shape index (κ3) is 4.27. The van der Waals surface area contributed by atoms with E-state index >= 15 is 0 Å². The predicted octanol–water partition coefficient (Wildman–Crippen LogP) is 10.9. The molecule has 0 radical (unpaired) electrons. The molecule has 47 heavy (non-hydrogen) atoms. The number of hydrogen-bond donors (Lipinski definition) is 0. The maximum absolute atomic E-state index is 6.95. The topological polar surface area (TPSA) is 55.1 Å². The lowest BCUT2D eigenvalue weighted by Gasteiger charge is -2.41. The Morgan fingerprint density at radius 2 is 0.915 bits per heavy atom. The van der Waals surface area contributed by atoms with Crippen LogP contribution in [0, 0.1) is 0 Å². The van der Waals surface area contributed by atoms with Gasteiger partial charge in [-0.25, -0.2) is 15.0 Å². The van der Waals surface area contributed by atoms with Gasteiger partial charge in [0.05, 0.1) is 22.6 Å². The first kappa shape index (κ1) is 27.3. The Labute approximate surface area is 272 Å². The van der Waals surface area contributed by atoms with Crippen LogP contribution >= 0.6 is 0 Å². The van der Waals surface area contributed by atoms with Gasteiger partial charge in [0.2, 0.25) is 0 Å². The third-order valence-corrected chi connectivity index (χ3v) is 9.32. The van der Waals surface area contributed by atoms with Gasteiger partial charge in [-0.15, -0.1) is 0 Å². The van der Waals surface area contributed by atoms with Crippen LogP contribution in [0.25, 0.3) is 56.1 Å². The molecule has 0 aliphatic carbocycles. The van der Waals surface area contributed by atoms with Crippen molar-refractivity contribution in [3.05, 3.63) is 157 Å². The second-order valence-electron chi connectivity index (χ2n) is 12.5. The zero-order valence-electron chi connectivity index (χ0n) is 26.1. The minimum Gasteiger partial charge on any atom is -0.453 e. The first-order chi connectivity index (χ1) is 23.1. The number of rotatable bonds is 4. The lowest BCUT2D eigenvalue weighted by molar-refractivity contribution is 0.630. The summed E-state index contributed by atoms with van der Waals surface area (Å²) in [7, 11) is 0. The smallest absolute Gasteiger partial charge is 0.167 e. The summed E-state index contributed by atoms with van der Waals surface area (Å²) in [5, 5.41) is 2.06. The first-order valence-electron chi connectivity index (χ1n) is 15.9. The Balaban J connectivity index is 1.29. The number of para-hydroxylation sites is 4. The lowest BCUT2D eigenvalue weighted by atomic mass is 9.73. The molecule has 0 bridgehead atoms. The van der Waals surface area contributed by atoms with Crippen molar-refractivity contribution >= 4 is 39.0 Å². The summed E-state index contributed by atoms with van der Waals surface area (Å²) in [5.74, 6) is 1.80. The molecule has 0 spiro atoms. The number of aromatic nitrogens is 3. The lowest BCUT2D eigenvalue weighted by Crippen LogP contribution is -2.30. The summed E-state index contributed by atoms with van der Waals surface area (Å²) in [6, 6.07) is 50.1. The van der Waals surface area contributed by atoms with E-state index in [1.807, 2.05) is 66.7 Å². The number of hydrogen-bond acceptors (Lipinski definition) is 5. The molecule has 0 N–H and O–H groups in total. The highest BCUT2D eigenvalue weighted by Crippen LogP contribution is 2.53. The molecule has 2 aromatic heterocycles. The number of nitrogens with zero attached hydrogens (tertiary/aromatic N) is 4. The van der Waals surface area contributed by atoms with Gasteiger partial charge in [-0.2, -0.15) is 0 Å². The monoisotopic (exact) mass is 606 g/mol. The molecule has 8 aromatic rings. The molecular weight excluding hydrogens is 576 g/mol. The van der Waals surface area contributed by atoms with E-state index in [1.165, 1.54) is 11.1 Å². The minimum absolute atomic E-state index is 0.149. The third-order valence-electron chi connectivity index (χ3n) is 9.32. The fourth-order valence-electron chi connectivity index (χ4n) is 7.02. The van der Waals surface area contributed by atoms with Crippen molar-refractivity contribution in [3.8, 4) is 34.2 Å². The van der Waals surface area contributed by atoms with Gasteiger partial charge >= 0.3 is 0 Å². The Morgan fingerprint density at radius 3 is 1.51 bits per heavy atom. The van der Waals surface area contributed by atoms with Crippen LogP contribution in [0.1, 0.15) is 25.0 Å². The van der Waals surface area contributed by atoms with Crippen molar-refractivity contribution in [2.24, 2.45) is 0 Å². The molecule has 0 amide bonds. The molecule has 3 heterocycles. The Kier molecular flexibility index (Phi) is 6.09. The molecule has 224 valence electrons. The van der Waals surface area contributed by atoms with Crippen LogP contribution < -0.4 is 4.90 Å². The minimum atomic E-state index is -0.149. The normalized spacial score (nSPS) is 13.4. The molecular formula is C42H30N4O. The number of fused-ring (bicyclic) bond motifs is 5. The van der Waals surface area contributed by atoms with Crippen molar-refractivity contribution < 1.29 is 4.42 Å². The summed E-state index contributed by atoms with van der Waals surface area (Å²) in [6.45, 7) is 4.61. The van der Waals surface area contributed by atoms with Gasteiger partial charge in [0.1, 0.15) is 5.58 Å². The van der Waals surface area contributed by atoms with E-state index < -0.39 is 0 Å². The van der Waals surface area contributed by atoms with Gasteiger partial charge < -0.3 is 9.32 Å². The van der Waals surface area contributed by atoms with E-state index in [9.17, 15) is 0 Å². The van der Waals surface area contributed by atoms with Crippen molar-refractivity contribution in [1.29, 1.82) is 0 Å². The molecule has 0 saturated heterocycles. The quantitative estimate of drug-likeness (QED) is 0.199. The molecule has 1 aliphatic heterocycles. The average molecular weight is 607 g/mol. The Bertz CT molecular complexity index is 2340. The van der Waals surface area contributed by atoms with Crippen molar-refractivity contribution in [1.82, 2.24) is 15.0 Å². The van der Waals surface area contributed by atoms with Crippen LogP contribution in [0.15, 0.2) is 150 Å². The zero-order valence-corrected chi connectivity index (χ0v) is 26.1. The molecule has 1 aliphatic rings. The summed E-state index contributed by atoms with van der Waals surface area (Å²) in [4.78, 5) is 17.3. The van der Waals surface area contributed by atoms with Gasteiger partial charge in [0.25, 0.3) is 0 Å². The fraction of sp³-hybridized carbons (Fsp3) is 0.0714. The largest absolute Gasteiger partial charge is 0.453 e. The van der Waals surface area contributed by atoms with Crippen LogP contribution in [-0.2, 0) is 5.41 Å². The van der Waals surface area contributed by atoms with Gasteiger partial charge in [-0.1, -0.05) is 135 Å². The summed E-state index contributed by atoms with van der Waals surface area (Å²) in [5.41, 5.74) is 9.95. The van der Waals surface area contributed by atoms with Gasteiger partial charge in [0, 0.05) is 27.3 Å². The second kappa shape index (κ2) is 10.5. The SMILES string of the molecule is CC1(C)c2ccccc2N(c2cccc3c2oc2c(-c4nc(-c5ccccc5)nc(-c5ccccc5)n4)cccc23)c2ccccc21. The molecule has 0 atom stereocenters. The van der Waals surface area contributed by atoms with Crippen LogP contribution in [0.2, 0.25) is 0 Å².